The van der Waals surface area contributed by atoms with Crippen molar-refractivity contribution in [2.24, 2.45) is 0 Å². The zero-order valence-electron chi connectivity index (χ0n) is 8.48. The number of hydrogen-bond donors (Lipinski definition) is 1. The summed E-state index contributed by atoms with van der Waals surface area (Å²) in [5.74, 6) is -8.27. The van der Waals surface area contributed by atoms with Gasteiger partial charge in [0.1, 0.15) is 5.82 Å². The van der Waals surface area contributed by atoms with E-state index >= 15 is 0 Å². The van der Waals surface area contributed by atoms with Gasteiger partial charge in [-0.3, -0.25) is 4.79 Å². The number of aromatic nitrogens is 1. The highest BCUT2D eigenvalue weighted by molar-refractivity contribution is 5.95. The number of hydrogen-bond acceptors (Lipinski definition) is 2. The monoisotopic (exact) mass is 254 g/mol. The molecule has 0 spiro atoms. The van der Waals surface area contributed by atoms with Crippen LogP contribution < -0.4 is 5.32 Å². The van der Waals surface area contributed by atoms with Crippen molar-refractivity contribution in [3.63, 3.8) is 0 Å². The molecule has 1 N–H and O–H groups in total. The van der Waals surface area contributed by atoms with Crippen LogP contribution in [0.15, 0.2) is 18.3 Å². The molecule has 1 heterocycles. The van der Waals surface area contributed by atoms with Crippen molar-refractivity contribution in [1.82, 2.24) is 4.98 Å². The molecule has 1 rings (SSSR count). The molecule has 0 aliphatic heterocycles. The Morgan fingerprint density at radius 3 is 2.24 bits per heavy atom. The molecule has 0 bridgehead atoms. The summed E-state index contributed by atoms with van der Waals surface area (Å²) in [4.78, 5) is 14.2. The normalized spacial score (nSPS) is 12.4. The molecule has 0 aliphatic carbocycles. The number of nitrogens with one attached hydrogen (secondary N) is 1. The highest BCUT2D eigenvalue weighted by atomic mass is 19.4. The predicted molar refractivity (Wildman–Crippen MR) is 48.6 cm³/mol. The summed E-state index contributed by atoms with van der Waals surface area (Å²) in [7, 11) is 0. The number of carbonyl (C=O) groups is 1. The van der Waals surface area contributed by atoms with Gasteiger partial charge in [-0.25, -0.2) is 4.98 Å². The molecule has 3 nitrogen and oxygen atoms in total. The van der Waals surface area contributed by atoms with Gasteiger partial charge in [-0.05, 0) is 18.6 Å². The third-order valence-electron chi connectivity index (χ3n) is 1.79. The van der Waals surface area contributed by atoms with Gasteiger partial charge in [0.2, 0.25) is 0 Å². The number of aryl methyl sites for hydroxylation is 1. The first-order valence-corrected chi connectivity index (χ1v) is 4.33. The summed E-state index contributed by atoms with van der Waals surface area (Å²) >= 11 is 0. The van der Waals surface area contributed by atoms with Crippen LogP contribution >= 0.6 is 0 Å². The molecule has 0 aromatic carbocycles. The molecule has 0 atom stereocenters. The molecule has 1 aromatic heterocycles. The molecule has 1 aromatic rings. The highest BCUT2D eigenvalue weighted by Crippen LogP contribution is 2.36. The van der Waals surface area contributed by atoms with Crippen LogP contribution in [-0.4, -0.2) is 23.0 Å². The van der Waals surface area contributed by atoms with Gasteiger partial charge in [0.25, 0.3) is 0 Å². The average Bonchev–Trinajstić information content (AvgIpc) is 2.19. The molecular weight excluding hydrogens is 247 g/mol. The number of nitrogens with zero attached hydrogens (tertiary/aromatic N) is 1. The van der Waals surface area contributed by atoms with Gasteiger partial charge in [-0.1, -0.05) is 6.07 Å². The topological polar surface area (TPSA) is 42.0 Å². The third kappa shape index (κ3) is 2.89. The lowest BCUT2D eigenvalue weighted by atomic mass is 10.3. The first kappa shape index (κ1) is 13.3. The maximum absolute atomic E-state index is 12.5. The average molecular weight is 254 g/mol. The second kappa shape index (κ2) is 4.27. The maximum Gasteiger partial charge on any atom is 0.463 e. The minimum atomic E-state index is -5.93. The fraction of sp³-hybridized carbons (Fsp3) is 0.333. The van der Waals surface area contributed by atoms with Crippen molar-refractivity contribution in [1.29, 1.82) is 0 Å². The largest absolute Gasteiger partial charge is 0.463 e. The number of pyridine rings is 1. The number of halogens is 5. The first-order valence-electron chi connectivity index (χ1n) is 4.33. The van der Waals surface area contributed by atoms with E-state index in [0.29, 0.717) is 5.56 Å². The zero-order chi connectivity index (χ0) is 13.3. The van der Waals surface area contributed by atoms with E-state index in [-0.39, 0.29) is 5.82 Å². The lowest BCUT2D eigenvalue weighted by Crippen LogP contribution is -2.47. The molecule has 0 aliphatic rings. The minimum Gasteiger partial charge on any atom is -0.305 e. The standard InChI is InChI=1S/C9H7F5N2O/c1-5-2-3-6(15-4-5)16-7(17)8(10,11)9(12,13)14/h2-4H,1H3,(H,15,16,17). The Labute approximate surface area is 92.6 Å². The molecule has 1 amide bonds. The van der Waals surface area contributed by atoms with Crippen LogP contribution in [0.25, 0.3) is 0 Å². The van der Waals surface area contributed by atoms with Crippen LogP contribution in [0.1, 0.15) is 5.56 Å². The Hall–Kier alpha value is -1.73. The second-order valence-electron chi connectivity index (χ2n) is 3.25. The predicted octanol–water partition coefficient (Wildman–Crippen LogP) is 2.53. The van der Waals surface area contributed by atoms with Gasteiger partial charge in [0, 0.05) is 6.20 Å². The number of rotatable bonds is 2. The van der Waals surface area contributed by atoms with E-state index in [4.69, 9.17) is 0 Å². The molecule has 0 saturated carbocycles. The number of anilines is 1. The van der Waals surface area contributed by atoms with Crippen LogP contribution in [-0.2, 0) is 4.79 Å². The lowest BCUT2D eigenvalue weighted by molar-refractivity contribution is -0.267. The zero-order valence-corrected chi connectivity index (χ0v) is 8.48. The van der Waals surface area contributed by atoms with Gasteiger partial charge in [-0.2, -0.15) is 22.0 Å². The maximum atomic E-state index is 12.5. The molecule has 0 radical (unpaired) electrons. The summed E-state index contributed by atoms with van der Waals surface area (Å²) in [6, 6.07) is 2.54. The fourth-order valence-electron chi connectivity index (χ4n) is 0.865. The molecule has 0 saturated heterocycles. The van der Waals surface area contributed by atoms with Gasteiger partial charge in [0.15, 0.2) is 0 Å². The highest BCUT2D eigenvalue weighted by Gasteiger charge is 2.63. The summed E-state index contributed by atoms with van der Waals surface area (Å²) in [5, 5.41) is 1.40. The van der Waals surface area contributed by atoms with Crippen molar-refractivity contribution >= 4 is 11.7 Å². The van der Waals surface area contributed by atoms with Crippen LogP contribution in [0.5, 0.6) is 0 Å². The quantitative estimate of drug-likeness (QED) is 0.824. The van der Waals surface area contributed by atoms with Crippen molar-refractivity contribution in [3.05, 3.63) is 23.9 Å². The van der Waals surface area contributed by atoms with Gasteiger partial charge < -0.3 is 5.32 Å². The van der Waals surface area contributed by atoms with Crippen LogP contribution in [0, 0.1) is 6.92 Å². The van der Waals surface area contributed by atoms with Gasteiger partial charge in [-0.15, -0.1) is 0 Å². The smallest absolute Gasteiger partial charge is 0.305 e. The van der Waals surface area contributed by atoms with Gasteiger partial charge in [0.05, 0.1) is 0 Å². The van der Waals surface area contributed by atoms with Crippen LogP contribution in [0.3, 0.4) is 0 Å². The number of carbonyl (C=O) groups excluding carboxylic acids is 1. The summed E-state index contributed by atoms with van der Waals surface area (Å²) in [6.45, 7) is 1.64. The Morgan fingerprint density at radius 2 is 1.82 bits per heavy atom. The fourth-order valence-corrected chi connectivity index (χ4v) is 0.865. The lowest BCUT2D eigenvalue weighted by Gasteiger charge is -2.18. The van der Waals surface area contributed by atoms with E-state index in [9.17, 15) is 26.7 Å². The van der Waals surface area contributed by atoms with Crippen molar-refractivity contribution < 1.29 is 26.7 Å². The Bertz CT molecular complexity index is 412. The van der Waals surface area contributed by atoms with Crippen molar-refractivity contribution in [2.45, 2.75) is 19.0 Å². The molecule has 17 heavy (non-hydrogen) atoms. The molecule has 0 fully saturated rings. The van der Waals surface area contributed by atoms with E-state index in [1.807, 2.05) is 0 Å². The minimum absolute atomic E-state index is 0.371. The van der Waals surface area contributed by atoms with E-state index in [0.717, 1.165) is 6.07 Å². The molecule has 8 heteroatoms. The number of amides is 1. The van der Waals surface area contributed by atoms with Crippen molar-refractivity contribution in [3.8, 4) is 0 Å². The Balaban J connectivity index is 2.83. The van der Waals surface area contributed by atoms with E-state index in [1.54, 1.807) is 6.92 Å². The summed E-state index contributed by atoms with van der Waals surface area (Å²) in [6.07, 6.45) is -4.71. The Kier molecular flexibility index (Phi) is 3.35. The summed E-state index contributed by atoms with van der Waals surface area (Å²) < 4.78 is 60.5. The second-order valence-corrected chi connectivity index (χ2v) is 3.25. The number of alkyl halides is 5. The van der Waals surface area contributed by atoms with Gasteiger partial charge >= 0.3 is 18.0 Å². The van der Waals surface area contributed by atoms with E-state index in [2.05, 4.69) is 4.98 Å². The first-order chi connectivity index (χ1) is 7.64. The van der Waals surface area contributed by atoms with Crippen LogP contribution in [0.2, 0.25) is 0 Å². The van der Waals surface area contributed by atoms with Crippen molar-refractivity contribution in [2.75, 3.05) is 5.32 Å². The molecular formula is C9H7F5N2O. The Morgan fingerprint density at radius 1 is 1.24 bits per heavy atom. The SMILES string of the molecule is Cc1ccc(NC(=O)C(F)(F)C(F)(F)F)nc1. The van der Waals surface area contributed by atoms with Crippen LogP contribution in [0.4, 0.5) is 27.8 Å². The third-order valence-corrected chi connectivity index (χ3v) is 1.79. The van der Waals surface area contributed by atoms with E-state index < -0.39 is 18.0 Å². The molecule has 94 valence electrons. The molecule has 0 unspecified atom stereocenters. The van der Waals surface area contributed by atoms with E-state index in [1.165, 1.54) is 17.6 Å². The summed E-state index contributed by atoms with van der Waals surface area (Å²) in [5.41, 5.74) is 0.672.